The first-order valence-electron chi connectivity index (χ1n) is 6.87. The van der Waals surface area contributed by atoms with E-state index in [1.54, 1.807) is 13.0 Å². The maximum absolute atomic E-state index is 12.6. The molecule has 0 bridgehead atoms. The number of rotatable bonds is 2. The Bertz CT molecular complexity index is 728. The fourth-order valence-electron chi connectivity index (χ4n) is 3.07. The maximum Gasteiger partial charge on any atom is 0.269 e. The van der Waals surface area contributed by atoms with E-state index in [0.29, 0.717) is 29.1 Å². The molecule has 1 fully saturated rings. The zero-order chi connectivity index (χ0) is 16.0. The average Bonchev–Trinajstić information content (AvgIpc) is 2.71. The summed E-state index contributed by atoms with van der Waals surface area (Å²) in [5.74, 6) is -1.35. The minimum atomic E-state index is -0.506. The quantitative estimate of drug-likeness (QED) is 0.476. The standard InChI is InChI=1S/C15H13ClN2O4/c1-8-6-10(18(21)22)3-5-13(8)17-14(19)11-4-2-9(16)7-12(11)15(17)20/h2-3,5-6,11-12H,4,7H2,1H3/t11-,12+/m0/s1. The molecule has 0 spiro atoms. The lowest BCUT2D eigenvalue weighted by Gasteiger charge is -2.17. The highest BCUT2D eigenvalue weighted by Gasteiger charge is 2.49. The van der Waals surface area contributed by atoms with Crippen molar-refractivity contribution in [2.24, 2.45) is 11.8 Å². The van der Waals surface area contributed by atoms with Gasteiger partial charge in [-0.3, -0.25) is 19.7 Å². The van der Waals surface area contributed by atoms with Crippen molar-refractivity contribution in [2.75, 3.05) is 4.90 Å². The summed E-state index contributed by atoms with van der Waals surface area (Å²) in [4.78, 5) is 36.5. The molecule has 1 heterocycles. The molecule has 3 rings (SSSR count). The molecule has 0 aromatic heterocycles. The second-order valence-corrected chi connectivity index (χ2v) is 6.03. The molecule has 0 radical (unpaired) electrons. The Morgan fingerprint density at radius 1 is 1.27 bits per heavy atom. The van der Waals surface area contributed by atoms with Crippen molar-refractivity contribution in [2.45, 2.75) is 19.8 Å². The number of nitrogens with zero attached hydrogens (tertiary/aromatic N) is 2. The van der Waals surface area contributed by atoms with Crippen LogP contribution in [0, 0.1) is 28.9 Å². The van der Waals surface area contributed by atoms with Crippen molar-refractivity contribution < 1.29 is 14.5 Å². The average molecular weight is 321 g/mol. The SMILES string of the molecule is Cc1cc([N+](=O)[O-])ccc1N1C(=O)[C@H]2CC=C(Cl)C[C@H]2C1=O. The monoisotopic (exact) mass is 320 g/mol. The van der Waals surface area contributed by atoms with E-state index in [-0.39, 0.29) is 23.4 Å². The molecule has 1 aliphatic carbocycles. The number of allylic oxidation sites excluding steroid dienone is 2. The summed E-state index contributed by atoms with van der Waals surface area (Å²) < 4.78 is 0. The largest absolute Gasteiger partial charge is 0.274 e. The van der Waals surface area contributed by atoms with Crippen molar-refractivity contribution in [3.63, 3.8) is 0 Å². The van der Waals surface area contributed by atoms with Crippen molar-refractivity contribution in [1.29, 1.82) is 0 Å². The maximum atomic E-state index is 12.6. The van der Waals surface area contributed by atoms with Gasteiger partial charge in [0.2, 0.25) is 11.8 Å². The number of hydrogen-bond donors (Lipinski definition) is 0. The third-order valence-electron chi connectivity index (χ3n) is 4.20. The number of anilines is 1. The van der Waals surface area contributed by atoms with Crippen LogP contribution in [0.1, 0.15) is 18.4 Å². The number of aryl methyl sites for hydroxylation is 1. The van der Waals surface area contributed by atoms with Crippen LogP contribution >= 0.6 is 11.6 Å². The number of carbonyl (C=O) groups excluding carboxylic acids is 2. The van der Waals surface area contributed by atoms with Gasteiger partial charge in [-0.2, -0.15) is 0 Å². The molecule has 114 valence electrons. The molecule has 6 nitrogen and oxygen atoms in total. The van der Waals surface area contributed by atoms with Gasteiger partial charge in [-0.15, -0.1) is 0 Å². The highest BCUT2D eigenvalue weighted by molar-refractivity contribution is 6.30. The van der Waals surface area contributed by atoms with Gasteiger partial charge in [0.1, 0.15) is 0 Å². The van der Waals surface area contributed by atoms with Gasteiger partial charge >= 0.3 is 0 Å². The number of benzene rings is 1. The Kier molecular flexibility index (Phi) is 3.48. The van der Waals surface area contributed by atoms with E-state index >= 15 is 0 Å². The molecular formula is C15H13ClN2O4. The van der Waals surface area contributed by atoms with Crippen molar-refractivity contribution >= 4 is 34.8 Å². The third kappa shape index (κ3) is 2.20. The second-order valence-electron chi connectivity index (χ2n) is 5.54. The van der Waals surface area contributed by atoms with E-state index in [2.05, 4.69) is 0 Å². The number of amides is 2. The van der Waals surface area contributed by atoms with Crippen LogP contribution in [0.2, 0.25) is 0 Å². The van der Waals surface area contributed by atoms with Gasteiger partial charge in [-0.25, -0.2) is 4.90 Å². The fraction of sp³-hybridized carbons (Fsp3) is 0.333. The Labute approximate surface area is 131 Å². The molecule has 7 heteroatoms. The summed E-state index contributed by atoms with van der Waals surface area (Å²) in [5.41, 5.74) is 0.863. The van der Waals surface area contributed by atoms with Crippen LogP contribution in [0.4, 0.5) is 11.4 Å². The van der Waals surface area contributed by atoms with Crippen LogP contribution in [0.25, 0.3) is 0 Å². The van der Waals surface area contributed by atoms with E-state index in [1.807, 2.05) is 0 Å². The molecule has 2 atom stereocenters. The van der Waals surface area contributed by atoms with Crippen molar-refractivity contribution in [3.05, 3.63) is 45.0 Å². The molecule has 2 aliphatic rings. The van der Waals surface area contributed by atoms with Crippen LogP contribution < -0.4 is 4.90 Å². The Morgan fingerprint density at radius 3 is 2.59 bits per heavy atom. The van der Waals surface area contributed by atoms with E-state index in [0.717, 1.165) is 4.90 Å². The van der Waals surface area contributed by atoms with E-state index in [1.165, 1.54) is 18.2 Å². The first kappa shape index (κ1) is 14.7. The van der Waals surface area contributed by atoms with Gasteiger partial charge in [0.05, 0.1) is 22.4 Å². The van der Waals surface area contributed by atoms with Gasteiger partial charge in [-0.1, -0.05) is 17.7 Å². The van der Waals surface area contributed by atoms with E-state index in [9.17, 15) is 19.7 Å². The second kappa shape index (κ2) is 5.21. The number of non-ortho nitro benzene ring substituents is 1. The van der Waals surface area contributed by atoms with E-state index in [4.69, 9.17) is 11.6 Å². The van der Waals surface area contributed by atoms with Crippen LogP contribution in [0.5, 0.6) is 0 Å². The lowest BCUT2D eigenvalue weighted by molar-refractivity contribution is -0.384. The highest BCUT2D eigenvalue weighted by atomic mass is 35.5. The smallest absolute Gasteiger partial charge is 0.269 e. The van der Waals surface area contributed by atoms with Crippen LogP contribution in [0.15, 0.2) is 29.3 Å². The summed E-state index contributed by atoms with van der Waals surface area (Å²) in [6.45, 7) is 1.65. The normalized spacial score (nSPS) is 24.3. The van der Waals surface area contributed by atoms with Crippen LogP contribution in [-0.4, -0.2) is 16.7 Å². The predicted molar refractivity (Wildman–Crippen MR) is 80.5 cm³/mol. The third-order valence-corrected chi connectivity index (χ3v) is 4.51. The van der Waals surface area contributed by atoms with Crippen molar-refractivity contribution in [1.82, 2.24) is 0 Å². The van der Waals surface area contributed by atoms with Crippen molar-refractivity contribution in [3.8, 4) is 0 Å². The topological polar surface area (TPSA) is 80.5 Å². The highest BCUT2D eigenvalue weighted by Crippen LogP contribution is 2.41. The number of nitro benzene ring substituents is 1. The predicted octanol–water partition coefficient (Wildman–Crippen LogP) is 2.93. The van der Waals surface area contributed by atoms with E-state index < -0.39 is 10.8 Å². The number of carbonyl (C=O) groups is 2. The van der Waals surface area contributed by atoms with Gasteiger partial charge in [0.25, 0.3) is 5.69 Å². The van der Waals surface area contributed by atoms with Crippen LogP contribution in [0.3, 0.4) is 0 Å². The lowest BCUT2D eigenvalue weighted by atomic mass is 9.85. The Morgan fingerprint density at radius 2 is 1.95 bits per heavy atom. The molecular weight excluding hydrogens is 308 g/mol. The van der Waals surface area contributed by atoms with Gasteiger partial charge < -0.3 is 0 Å². The van der Waals surface area contributed by atoms with Gasteiger partial charge in [-0.05, 0) is 31.4 Å². The summed E-state index contributed by atoms with van der Waals surface area (Å²) in [7, 11) is 0. The number of nitro groups is 1. The number of fused-ring (bicyclic) bond motifs is 1. The molecule has 22 heavy (non-hydrogen) atoms. The molecule has 0 unspecified atom stereocenters. The summed E-state index contributed by atoms with van der Waals surface area (Å²) in [6, 6.07) is 4.12. The first-order valence-corrected chi connectivity index (χ1v) is 7.25. The molecule has 1 aliphatic heterocycles. The zero-order valence-corrected chi connectivity index (χ0v) is 12.5. The van der Waals surface area contributed by atoms with Gasteiger partial charge in [0.15, 0.2) is 0 Å². The Hall–Kier alpha value is -2.21. The van der Waals surface area contributed by atoms with Gasteiger partial charge in [0, 0.05) is 17.2 Å². The molecule has 0 N–H and O–H groups in total. The number of hydrogen-bond acceptors (Lipinski definition) is 4. The summed E-state index contributed by atoms with van der Waals surface area (Å²) in [5, 5.41) is 11.4. The lowest BCUT2D eigenvalue weighted by Crippen LogP contribution is -2.31. The van der Waals surface area contributed by atoms with Crippen LogP contribution in [-0.2, 0) is 9.59 Å². The molecule has 2 amide bonds. The number of halogens is 1. The zero-order valence-electron chi connectivity index (χ0n) is 11.8. The minimum Gasteiger partial charge on any atom is -0.274 e. The Balaban J connectivity index is 1.98. The fourth-order valence-corrected chi connectivity index (χ4v) is 3.32. The molecule has 1 aromatic rings. The summed E-state index contributed by atoms with van der Waals surface area (Å²) in [6.07, 6.45) is 2.61. The molecule has 1 saturated heterocycles. The minimum absolute atomic E-state index is 0.0672. The summed E-state index contributed by atoms with van der Waals surface area (Å²) >= 11 is 5.98. The molecule has 0 saturated carbocycles. The first-order chi connectivity index (χ1) is 10.4. The molecule has 1 aromatic carbocycles. The number of imide groups is 1.